The standard InChI is InChI=1S/C14H11FO2/c15-13-8-4-7-11(12(13)9-14(16)17)10-5-2-1-3-6-10/h1-8H,9H2,(H,16,17). The molecule has 0 spiro atoms. The summed E-state index contributed by atoms with van der Waals surface area (Å²) in [4.78, 5) is 10.7. The molecule has 0 aliphatic heterocycles. The highest BCUT2D eigenvalue weighted by Crippen LogP contribution is 2.25. The molecule has 0 saturated heterocycles. The molecule has 0 saturated carbocycles. The summed E-state index contributed by atoms with van der Waals surface area (Å²) in [5, 5.41) is 8.80. The van der Waals surface area contributed by atoms with E-state index in [9.17, 15) is 9.18 Å². The molecular formula is C14H11FO2. The Morgan fingerprint density at radius 1 is 1.06 bits per heavy atom. The number of carbonyl (C=O) groups is 1. The van der Waals surface area contributed by atoms with Crippen LogP contribution < -0.4 is 0 Å². The van der Waals surface area contributed by atoms with Gasteiger partial charge in [-0.3, -0.25) is 4.79 Å². The van der Waals surface area contributed by atoms with Crippen molar-refractivity contribution >= 4 is 5.97 Å². The minimum absolute atomic E-state index is 0.228. The molecule has 3 heteroatoms. The minimum Gasteiger partial charge on any atom is -0.481 e. The topological polar surface area (TPSA) is 37.3 Å². The predicted molar refractivity (Wildman–Crippen MR) is 63.2 cm³/mol. The predicted octanol–water partition coefficient (Wildman–Crippen LogP) is 3.12. The molecule has 1 N–H and O–H groups in total. The number of rotatable bonds is 3. The Hall–Kier alpha value is -2.16. The van der Waals surface area contributed by atoms with Gasteiger partial charge < -0.3 is 5.11 Å². The van der Waals surface area contributed by atoms with Crippen LogP contribution in [0.3, 0.4) is 0 Å². The zero-order valence-corrected chi connectivity index (χ0v) is 9.06. The van der Waals surface area contributed by atoms with Crippen LogP contribution >= 0.6 is 0 Å². The molecule has 0 aliphatic carbocycles. The summed E-state index contributed by atoms with van der Waals surface area (Å²) in [6, 6.07) is 13.8. The van der Waals surface area contributed by atoms with E-state index in [-0.39, 0.29) is 12.0 Å². The Balaban J connectivity index is 2.54. The molecule has 2 nitrogen and oxygen atoms in total. The van der Waals surface area contributed by atoms with Gasteiger partial charge in [0, 0.05) is 5.56 Å². The van der Waals surface area contributed by atoms with Crippen molar-refractivity contribution < 1.29 is 14.3 Å². The summed E-state index contributed by atoms with van der Waals surface area (Å²) >= 11 is 0. The van der Waals surface area contributed by atoms with Gasteiger partial charge in [0.1, 0.15) is 5.82 Å². The van der Waals surface area contributed by atoms with Crippen LogP contribution in [0.5, 0.6) is 0 Å². The molecule has 0 heterocycles. The van der Waals surface area contributed by atoms with Gasteiger partial charge in [-0.25, -0.2) is 4.39 Å². The molecular weight excluding hydrogens is 219 g/mol. The molecule has 0 bridgehead atoms. The fourth-order valence-electron chi connectivity index (χ4n) is 1.78. The van der Waals surface area contributed by atoms with Gasteiger partial charge in [-0.15, -0.1) is 0 Å². The average molecular weight is 230 g/mol. The lowest BCUT2D eigenvalue weighted by atomic mass is 9.97. The lowest BCUT2D eigenvalue weighted by Gasteiger charge is -2.08. The van der Waals surface area contributed by atoms with Crippen LogP contribution in [0.2, 0.25) is 0 Å². The largest absolute Gasteiger partial charge is 0.481 e. The van der Waals surface area contributed by atoms with Crippen molar-refractivity contribution in [2.24, 2.45) is 0 Å². The highest BCUT2D eigenvalue weighted by atomic mass is 19.1. The molecule has 2 aromatic carbocycles. The maximum absolute atomic E-state index is 13.6. The maximum atomic E-state index is 13.6. The van der Waals surface area contributed by atoms with Crippen molar-refractivity contribution in [2.75, 3.05) is 0 Å². The fraction of sp³-hybridized carbons (Fsp3) is 0.0714. The second-order valence-electron chi connectivity index (χ2n) is 3.70. The highest BCUT2D eigenvalue weighted by Gasteiger charge is 2.12. The van der Waals surface area contributed by atoms with Crippen LogP contribution in [0.15, 0.2) is 48.5 Å². The Kier molecular flexibility index (Phi) is 3.19. The van der Waals surface area contributed by atoms with E-state index < -0.39 is 11.8 Å². The summed E-state index contributed by atoms with van der Waals surface area (Å²) in [6.45, 7) is 0. The molecule has 0 atom stereocenters. The van der Waals surface area contributed by atoms with Crippen LogP contribution in [-0.2, 0) is 11.2 Å². The molecule has 0 aromatic heterocycles. The van der Waals surface area contributed by atoms with Crippen LogP contribution in [0, 0.1) is 5.82 Å². The van der Waals surface area contributed by atoms with Crippen molar-refractivity contribution in [3.05, 3.63) is 59.9 Å². The first-order valence-electron chi connectivity index (χ1n) is 5.23. The van der Waals surface area contributed by atoms with Crippen molar-refractivity contribution in [2.45, 2.75) is 6.42 Å². The Morgan fingerprint density at radius 3 is 2.41 bits per heavy atom. The SMILES string of the molecule is O=C(O)Cc1c(F)cccc1-c1ccccc1. The normalized spacial score (nSPS) is 10.2. The third-order valence-electron chi connectivity index (χ3n) is 2.53. The Bertz CT molecular complexity index is 535. The lowest BCUT2D eigenvalue weighted by Crippen LogP contribution is -2.04. The van der Waals surface area contributed by atoms with Gasteiger partial charge in [0.2, 0.25) is 0 Å². The summed E-state index contributed by atoms with van der Waals surface area (Å²) < 4.78 is 13.6. The molecule has 2 rings (SSSR count). The van der Waals surface area contributed by atoms with E-state index in [1.54, 1.807) is 12.1 Å². The number of benzene rings is 2. The van der Waals surface area contributed by atoms with Crippen LogP contribution in [0.4, 0.5) is 4.39 Å². The summed E-state index contributed by atoms with van der Waals surface area (Å²) in [5.74, 6) is -1.51. The van der Waals surface area contributed by atoms with E-state index in [2.05, 4.69) is 0 Å². The van der Waals surface area contributed by atoms with E-state index in [1.165, 1.54) is 6.07 Å². The number of hydrogen-bond acceptors (Lipinski definition) is 1. The number of carboxylic acids is 1. The third-order valence-corrected chi connectivity index (χ3v) is 2.53. The summed E-state index contributed by atoms with van der Waals surface area (Å²) in [6.07, 6.45) is -0.309. The zero-order chi connectivity index (χ0) is 12.3. The lowest BCUT2D eigenvalue weighted by molar-refractivity contribution is -0.136. The zero-order valence-electron chi connectivity index (χ0n) is 9.06. The number of carboxylic acid groups (broad SMARTS) is 1. The van der Waals surface area contributed by atoms with Gasteiger partial charge in [0.25, 0.3) is 0 Å². The summed E-state index contributed by atoms with van der Waals surface area (Å²) in [5.41, 5.74) is 1.68. The Morgan fingerprint density at radius 2 is 1.76 bits per heavy atom. The van der Waals surface area contributed by atoms with Crippen LogP contribution in [0.1, 0.15) is 5.56 Å². The first kappa shape index (κ1) is 11.3. The van der Waals surface area contributed by atoms with Gasteiger partial charge in [0.15, 0.2) is 0 Å². The molecule has 0 fully saturated rings. The van der Waals surface area contributed by atoms with E-state index >= 15 is 0 Å². The first-order valence-corrected chi connectivity index (χ1v) is 5.23. The van der Waals surface area contributed by atoms with Crippen molar-refractivity contribution in [3.8, 4) is 11.1 Å². The van der Waals surface area contributed by atoms with Crippen molar-refractivity contribution in [3.63, 3.8) is 0 Å². The fourth-order valence-corrected chi connectivity index (χ4v) is 1.78. The van der Waals surface area contributed by atoms with Gasteiger partial charge in [-0.05, 0) is 17.2 Å². The van der Waals surface area contributed by atoms with Gasteiger partial charge in [-0.2, -0.15) is 0 Å². The quantitative estimate of drug-likeness (QED) is 0.879. The highest BCUT2D eigenvalue weighted by molar-refractivity contribution is 5.76. The van der Waals surface area contributed by atoms with E-state index in [4.69, 9.17) is 5.11 Å². The number of aliphatic carboxylic acids is 1. The molecule has 0 radical (unpaired) electrons. The van der Waals surface area contributed by atoms with E-state index in [1.807, 2.05) is 30.3 Å². The minimum atomic E-state index is -1.03. The van der Waals surface area contributed by atoms with Crippen molar-refractivity contribution in [1.29, 1.82) is 0 Å². The Labute approximate surface area is 98.3 Å². The summed E-state index contributed by atoms with van der Waals surface area (Å²) in [7, 11) is 0. The molecule has 0 aliphatic rings. The molecule has 0 amide bonds. The molecule has 2 aromatic rings. The van der Waals surface area contributed by atoms with Gasteiger partial charge in [0.05, 0.1) is 6.42 Å². The smallest absolute Gasteiger partial charge is 0.307 e. The van der Waals surface area contributed by atoms with E-state index in [0.29, 0.717) is 5.56 Å². The average Bonchev–Trinajstić information content (AvgIpc) is 2.32. The second kappa shape index (κ2) is 4.78. The number of halogens is 1. The third kappa shape index (κ3) is 2.50. The van der Waals surface area contributed by atoms with Gasteiger partial charge in [-0.1, -0.05) is 42.5 Å². The molecule has 0 unspecified atom stereocenters. The number of hydrogen-bond donors (Lipinski definition) is 1. The van der Waals surface area contributed by atoms with Crippen LogP contribution in [0.25, 0.3) is 11.1 Å². The van der Waals surface area contributed by atoms with Crippen LogP contribution in [-0.4, -0.2) is 11.1 Å². The van der Waals surface area contributed by atoms with Crippen molar-refractivity contribution in [1.82, 2.24) is 0 Å². The molecule has 86 valence electrons. The van der Waals surface area contributed by atoms with Gasteiger partial charge >= 0.3 is 5.97 Å². The first-order chi connectivity index (χ1) is 8.18. The molecule has 17 heavy (non-hydrogen) atoms. The van der Waals surface area contributed by atoms with E-state index in [0.717, 1.165) is 5.56 Å². The second-order valence-corrected chi connectivity index (χ2v) is 3.70. The monoisotopic (exact) mass is 230 g/mol. The maximum Gasteiger partial charge on any atom is 0.307 e.